The van der Waals surface area contributed by atoms with Crippen LogP contribution in [0.25, 0.3) is 0 Å². The van der Waals surface area contributed by atoms with E-state index in [4.69, 9.17) is 4.74 Å². The molecule has 0 aliphatic carbocycles. The van der Waals surface area contributed by atoms with Crippen molar-refractivity contribution in [1.82, 2.24) is 10.6 Å². The van der Waals surface area contributed by atoms with E-state index in [1.807, 2.05) is 60.7 Å². The average Bonchev–Trinajstić information content (AvgIpc) is 2.86. The van der Waals surface area contributed by atoms with E-state index in [1.54, 1.807) is 0 Å². The summed E-state index contributed by atoms with van der Waals surface area (Å²) in [6.07, 6.45) is 0. The van der Waals surface area contributed by atoms with Crippen molar-refractivity contribution in [1.29, 1.82) is 0 Å². The lowest BCUT2D eigenvalue weighted by molar-refractivity contribution is -0.384. The van der Waals surface area contributed by atoms with Crippen molar-refractivity contribution in [3.05, 3.63) is 112 Å². The summed E-state index contributed by atoms with van der Waals surface area (Å²) in [5.41, 5.74) is 2.10. The summed E-state index contributed by atoms with van der Waals surface area (Å²) in [4.78, 5) is 47.0. The molecule has 34 heavy (non-hydrogen) atoms. The molecule has 0 aliphatic rings. The number of esters is 1. The Labute approximate surface area is 195 Å². The van der Waals surface area contributed by atoms with Crippen LogP contribution in [0.1, 0.15) is 22.6 Å². The second-order valence-corrected chi connectivity index (χ2v) is 7.33. The third-order valence-corrected chi connectivity index (χ3v) is 4.93. The highest BCUT2D eigenvalue weighted by Crippen LogP contribution is 2.24. The third-order valence-electron chi connectivity index (χ3n) is 4.93. The SMILES string of the molecule is O=C(CNC(=O)C(c1ccccc1)c1ccccc1)NCC(=O)OCc1ccc([N+](=O)[O-])cc1. The van der Waals surface area contributed by atoms with Crippen LogP contribution < -0.4 is 10.6 Å². The van der Waals surface area contributed by atoms with E-state index in [1.165, 1.54) is 24.3 Å². The van der Waals surface area contributed by atoms with Crippen LogP contribution in [0.2, 0.25) is 0 Å². The lowest BCUT2D eigenvalue weighted by Crippen LogP contribution is -2.41. The number of nitro benzene ring substituents is 1. The van der Waals surface area contributed by atoms with Crippen molar-refractivity contribution in [2.75, 3.05) is 13.1 Å². The number of rotatable bonds is 10. The Morgan fingerprint density at radius 2 is 1.35 bits per heavy atom. The Hall–Kier alpha value is -4.53. The maximum Gasteiger partial charge on any atom is 0.325 e. The molecular weight excluding hydrogens is 438 g/mol. The molecule has 174 valence electrons. The minimum atomic E-state index is -0.676. The molecule has 3 rings (SSSR count). The zero-order chi connectivity index (χ0) is 24.3. The smallest absolute Gasteiger partial charge is 0.325 e. The van der Waals surface area contributed by atoms with E-state index in [9.17, 15) is 24.5 Å². The molecule has 0 fully saturated rings. The lowest BCUT2D eigenvalue weighted by Gasteiger charge is -2.17. The predicted molar refractivity (Wildman–Crippen MR) is 124 cm³/mol. The van der Waals surface area contributed by atoms with Crippen LogP contribution in [0.3, 0.4) is 0 Å². The fraction of sp³-hybridized carbons (Fsp3) is 0.160. The monoisotopic (exact) mass is 461 g/mol. The van der Waals surface area contributed by atoms with Gasteiger partial charge in [-0.1, -0.05) is 60.7 Å². The number of carbonyl (C=O) groups is 3. The van der Waals surface area contributed by atoms with Crippen LogP contribution in [0, 0.1) is 10.1 Å². The van der Waals surface area contributed by atoms with Crippen molar-refractivity contribution in [3.8, 4) is 0 Å². The Morgan fingerprint density at radius 1 is 0.794 bits per heavy atom. The molecule has 0 radical (unpaired) electrons. The highest BCUT2D eigenvalue weighted by atomic mass is 16.6. The van der Waals surface area contributed by atoms with Gasteiger partial charge in [0.1, 0.15) is 13.2 Å². The Morgan fingerprint density at radius 3 is 1.88 bits per heavy atom. The number of amides is 2. The first-order valence-electron chi connectivity index (χ1n) is 10.5. The molecule has 3 aromatic rings. The molecule has 0 bridgehead atoms. The van der Waals surface area contributed by atoms with E-state index in [0.717, 1.165) is 11.1 Å². The van der Waals surface area contributed by atoms with Crippen molar-refractivity contribution in [3.63, 3.8) is 0 Å². The Bertz CT molecular complexity index is 1090. The predicted octanol–water partition coefficient (Wildman–Crippen LogP) is 2.70. The molecule has 9 heteroatoms. The number of non-ortho nitro benzene ring substituents is 1. The summed E-state index contributed by atoms with van der Waals surface area (Å²) >= 11 is 0. The molecule has 2 amide bonds. The Kier molecular flexibility index (Phi) is 8.45. The molecule has 0 saturated carbocycles. The molecule has 0 aromatic heterocycles. The van der Waals surface area contributed by atoms with Crippen LogP contribution in [0.4, 0.5) is 5.69 Å². The van der Waals surface area contributed by atoms with Gasteiger partial charge in [0.15, 0.2) is 0 Å². The highest BCUT2D eigenvalue weighted by Gasteiger charge is 2.23. The summed E-state index contributed by atoms with van der Waals surface area (Å²) in [5, 5.41) is 15.7. The fourth-order valence-electron chi connectivity index (χ4n) is 3.22. The number of nitro groups is 1. The third kappa shape index (κ3) is 6.99. The highest BCUT2D eigenvalue weighted by molar-refractivity contribution is 5.91. The number of ether oxygens (including phenoxy) is 1. The van der Waals surface area contributed by atoms with Gasteiger partial charge in [-0.15, -0.1) is 0 Å². The van der Waals surface area contributed by atoms with Gasteiger partial charge in [-0.25, -0.2) is 0 Å². The molecule has 0 aliphatic heterocycles. The molecule has 0 spiro atoms. The van der Waals surface area contributed by atoms with Gasteiger partial charge >= 0.3 is 5.97 Å². The van der Waals surface area contributed by atoms with Crippen molar-refractivity contribution in [2.24, 2.45) is 0 Å². The number of nitrogens with one attached hydrogen (secondary N) is 2. The van der Waals surface area contributed by atoms with E-state index in [-0.39, 0.29) is 31.3 Å². The van der Waals surface area contributed by atoms with Gasteiger partial charge in [0.2, 0.25) is 11.8 Å². The van der Waals surface area contributed by atoms with Gasteiger partial charge in [0.05, 0.1) is 17.4 Å². The summed E-state index contributed by atoms with van der Waals surface area (Å²) in [6.45, 7) is -0.758. The minimum Gasteiger partial charge on any atom is -0.460 e. The average molecular weight is 461 g/mol. The number of hydrogen-bond acceptors (Lipinski definition) is 6. The van der Waals surface area contributed by atoms with Gasteiger partial charge in [0, 0.05) is 12.1 Å². The van der Waals surface area contributed by atoms with Crippen LogP contribution >= 0.6 is 0 Å². The second kappa shape index (κ2) is 11.9. The largest absolute Gasteiger partial charge is 0.460 e. The maximum absolute atomic E-state index is 12.9. The molecule has 3 aromatic carbocycles. The van der Waals surface area contributed by atoms with Crippen LogP contribution in [0.15, 0.2) is 84.9 Å². The van der Waals surface area contributed by atoms with Gasteiger partial charge < -0.3 is 15.4 Å². The van der Waals surface area contributed by atoms with Gasteiger partial charge in [-0.2, -0.15) is 0 Å². The fourth-order valence-corrected chi connectivity index (χ4v) is 3.22. The summed E-state index contributed by atoms with van der Waals surface area (Å²) in [6, 6.07) is 24.0. The second-order valence-electron chi connectivity index (χ2n) is 7.33. The van der Waals surface area contributed by atoms with Crippen molar-refractivity contribution >= 4 is 23.5 Å². The normalized spacial score (nSPS) is 10.4. The van der Waals surface area contributed by atoms with Gasteiger partial charge in [0.25, 0.3) is 5.69 Å². The molecular formula is C25H23N3O6. The maximum atomic E-state index is 12.9. The number of nitrogens with zero attached hydrogens (tertiary/aromatic N) is 1. The summed E-state index contributed by atoms with van der Waals surface area (Å²) in [5.74, 6) is -2.14. The number of benzene rings is 3. The first-order chi connectivity index (χ1) is 16.4. The van der Waals surface area contributed by atoms with Crippen LogP contribution in [0.5, 0.6) is 0 Å². The van der Waals surface area contributed by atoms with Crippen molar-refractivity contribution in [2.45, 2.75) is 12.5 Å². The first kappa shape index (κ1) is 24.1. The van der Waals surface area contributed by atoms with Gasteiger partial charge in [-0.05, 0) is 28.8 Å². The summed E-state index contributed by atoms with van der Waals surface area (Å²) < 4.78 is 5.05. The van der Waals surface area contributed by atoms with E-state index >= 15 is 0 Å². The topological polar surface area (TPSA) is 128 Å². The number of hydrogen-bond donors (Lipinski definition) is 2. The molecule has 0 atom stereocenters. The molecule has 2 N–H and O–H groups in total. The summed E-state index contributed by atoms with van der Waals surface area (Å²) in [7, 11) is 0. The van der Waals surface area contributed by atoms with E-state index in [2.05, 4.69) is 10.6 Å². The standard InChI is InChI=1S/C25H23N3O6/c29-22(26-16-23(30)34-17-18-11-13-21(14-12-18)28(32)33)15-27-25(31)24(19-7-3-1-4-8-19)20-9-5-2-6-10-20/h1-14,24H,15-17H2,(H,26,29)(H,27,31). The first-order valence-corrected chi connectivity index (χ1v) is 10.5. The zero-order valence-corrected chi connectivity index (χ0v) is 18.2. The minimum absolute atomic E-state index is 0.0637. The quantitative estimate of drug-likeness (QED) is 0.271. The Balaban J connectivity index is 1.46. The molecule has 0 heterocycles. The van der Waals surface area contributed by atoms with E-state index in [0.29, 0.717) is 5.56 Å². The number of carbonyl (C=O) groups excluding carboxylic acids is 3. The van der Waals surface area contributed by atoms with Crippen molar-refractivity contribution < 1.29 is 24.0 Å². The van der Waals surface area contributed by atoms with Crippen LogP contribution in [-0.4, -0.2) is 35.8 Å². The van der Waals surface area contributed by atoms with Crippen LogP contribution in [-0.2, 0) is 25.7 Å². The van der Waals surface area contributed by atoms with E-state index < -0.39 is 22.7 Å². The lowest BCUT2D eigenvalue weighted by atomic mass is 9.90. The van der Waals surface area contributed by atoms with Gasteiger partial charge in [-0.3, -0.25) is 24.5 Å². The molecule has 0 saturated heterocycles. The molecule has 0 unspecified atom stereocenters. The molecule has 9 nitrogen and oxygen atoms in total. The zero-order valence-electron chi connectivity index (χ0n) is 18.2.